The number of rotatable bonds is 7. The fraction of sp³-hybridized carbons (Fsp3) is 0. The van der Waals surface area contributed by atoms with Gasteiger partial charge in [-0.05, 0) is 48.6 Å². The molecule has 0 fully saturated rings. The molecule has 0 saturated heterocycles. The van der Waals surface area contributed by atoms with Crippen molar-refractivity contribution < 1.29 is 17.6 Å². The summed E-state index contributed by atoms with van der Waals surface area (Å²) in [5.41, 5.74) is 1.32. The number of nitrogens with zero attached hydrogens (tertiary/aromatic N) is 1. The number of carbonyl (C=O) groups is 1. The first-order chi connectivity index (χ1) is 14.5. The van der Waals surface area contributed by atoms with Gasteiger partial charge in [0.25, 0.3) is 10.0 Å². The molecule has 0 atom stereocenters. The number of sulfonamides is 1. The summed E-state index contributed by atoms with van der Waals surface area (Å²) in [6.07, 6.45) is 4.59. The van der Waals surface area contributed by atoms with Gasteiger partial charge in [-0.3, -0.25) is 9.52 Å². The molecule has 150 valence electrons. The van der Waals surface area contributed by atoms with Crippen LogP contribution in [0.3, 0.4) is 0 Å². The Bertz CT molecular complexity index is 1270. The SMILES string of the molecule is O=C(/C=C/c1ccc(-c2ccc(S(=O)(=O)Nc3nccs3)cc2)o1)c1ccccc1. The predicted octanol–water partition coefficient (Wildman–Crippen LogP) is 5.10. The average molecular weight is 437 g/mol. The lowest BCUT2D eigenvalue weighted by Gasteiger charge is -2.05. The van der Waals surface area contributed by atoms with E-state index in [1.165, 1.54) is 35.7 Å². The minimum absolute atomic E-state index is 0.115. The van der Waals surface area contributed by atoms with Crippen molar-refractivity contribution in [1.82, 2.24) is 4.98 Å². The first-order valence-electron chi connectivity index (χ1n) is 8.91. The smallest absolute Gasteiger partial charge is 0.263 e. The highest BCUT2D eigenvalue weighted by atomic mass is 32.2. The van der Waals surface area contributed by atoms with Crippen LogP contribution in [0.25, 0.3) is 17.4 Å². The number of hydrogen-bond donors (Lipinski definition) is 1. The number of allylic oxidation sites excluding steroid dienone is 1. The highest BCUT2D eigenvalue weighted by Gasteiger charge is 2.16. The lowest BCUT2D eigenvalue weighted by Crippen LogP contribution is -2.12. The summed E-state index contributed by atoms with van der Waals surface area (Å²) in [7, 11) is -3.70. The van der Waals surface area contributed by atoms with Crippen molar-refractivity contribution >= 4 is 38.4 Å². The molecule has 0 spiro atoms. The van der Waals surface area contributed by atoms with Gasteiger partial charge < -0.3 is 4.42 Å². The fourth-order valence-electron chi connectivity index (χ4n) is 2.70. The zero-order valence-corrected chi connectivity index (χ0v) is 17.2. The molecule has 1 N–H and O–H groups in total. The molecule has 0 saturated carbocycles. The van der Waals surface area contributed by atoms with Gasteiger partial charge >= 0.3 is 0 Å². The topological polar surface area (TPSA) is 89.3 Å². The highest BCUT2D eigenvalue weighted by molar-refractivity contribution is 7.93. The number of thiazole rings is 1. The van der Waals surface area contributed by atoms with Gasteiger partial charge in [-0.25, -0.2) is 13.4 Å². The van der Waals surface area contributed by atoms with Crippen LogP contribution in [0.4, 0.5) is 5.13 Å². The van der Waals surface area contributed by atoms with Crippen LogP contribution in [0, 0.1) is 0 Å². The number of hydrogen-bond acceptors (Lipinski definition) is 6. The molecule has 30 heavy (non-hydrogen) atoms. The van der Waals surface area contributed by atoms with E-state index >= 15 is 0 Å². The highest BCUT2D eigenvalue weighted by Crippen LogP contribution is 2.25. The number of furan rings is 1. The molecular weight excluding hydrogens is 420 g/mol. The number of anilines is 1. The number of carbonyl (C=O) groups excluding carboxylic acids is 1. The van der Waals surface area contributed by atoms with E-state index < -0.39 is 10.0 Å². The van der Waals surface area contributed by atoms with Crippen LogP contribution in [0.5, 0.6) is 0 Å². The summed E-state index contributed by atoms with van der Waals surface area (Å²) in [5.74, 6) is 0.978. The Balaban J connectivity index is 1.47. The van der Waals surface area contributed by atoms with E-state index in [2.05, 4.69) is 9.71 Å². The number of benzene rings is 2. The first-order valence-corrected chi connectivity index (χ1v) is 11.3. The van der Waals surface area contributed by atoms with Gasteiger partial charge in [-0.15, -0.1) is 11.3 Å². The molecule has 0 radical (unpaired) electrons. The van der Waals surface area contributed by atoms with Gasteiger partial charge in [-0.2, -0.15) is 0 Å². The van der Waals surface area contributed by atoms with Crippen LogP contribution < -0.4 is 4.72 Å². The third kappa shape index (κ3) is 4.56. The normalized spacial score (nSPS) is 11.6. The van der Waals surface area contributed by atoms with Gasteiger partial charge in [0.05, 0.1) is 4.90 Å². The van der Waals surface area contributed by atoms with E-state index in [-0.39, 0.29) is 10.7 Å². The molecule has 0 aliphatic rings. The third-order valence-electron chi connectivity index (χ3n) is 4.19. The molecule has 4 aromatic rings. The van der Waals surface area contributed by atoms with Crippen molar-refractivity contribution in [2.24, 2.45) is 0 Å². The molecular formula is C22H16N2O4S2. The molecule has 0 aliphatic carbocycles. The molecule has 2 heterocycles. The Morgan fingerprint density at radius 2 is 1.77 bits per heavy atom. The largest absolute Gasteiger partial charge is 0.457 e. The van der Waals surface area contributed by atoms with Crippen molar-refractivity contribution in [1.29, 1.82) is 0 Å². The Morgan fingerprint density at radius 3 is 2.47 bits per heavy atom. The van der Waals surface area contributed by atoms with Crippen LogP contribution in [0.15, 0.2) is 93.7 Å². The second-order valence-corrected chi connectivity index (χ2v) is 8.81. The van der Waals surface area contributed by atoms with Crippen LogP contribution >= 0.6 is 11.3 Å². The standard InChI is InChI=1S/C22H16N2O4S2/c25-20(16-4-2-1-3-5-16)12-8-18-9-13-21(28-18)17-6-10-19(11-7-17)30(26,27)24-22-23-14-15-29-22/h1-15H,(H,23,24)/b12-8+. The van der Waals surface area contributed by atoms with E-state index in [9.17, 15) is 13.2 Å². The molecule has 0 unspecified atom stereocenters. The molecule has 2 aromatic carbocycles. The predicted molar refractivity (Wildman–Crippen MR) is 117 cm³/mol. The Morgan fingerprint density at radius 1 is 1.00 bits per heavy atom. The van der Waals surface area contributed by atoms with Crippen LogP contribution in [0.1, 0.15) is 16.1 Å². The van der Waals surface area contributed by atoms with Gasteiger partial charge in [0.2, 0.25) is 0 Å². The Kier molecular flexibility index (Phi) is 5.60. The molecule has 0 amide bonds. The summed E-state index contributed by atoms with van der Waals surface area (Å²) < 4.78 is 33.0. The van der Waals surface area contributed by atoms with Gasteiger partial charge in [0, 0.05) is 22.7 Å². The van der Waals surface area contributed by atoms with E-state index in [1.807, 2.05) is 18.2 Å². The zero-order valence-electron chi connectivity index (χ0n) is 15.6. The van der Waals surface area contributed by atoms with Crippen molar-refractivity contribution in [2.45, 2.75) is 4.90 Å². The summed E-state index contributed by atoms with van der Waals surface area (Å²) in [5, 5.41) is 2.00. The molecule has 2 aromatic heterocycles. The van der Waals surface area contributed by atoms with Gasteiger partial charge in [0.15, 0.2) is 10.9 Å². The summed E-state index contributed by atoms with van der Waals surface area (Å²) in [6.45, 7) is 0. The second-order valence-electron chi connectivity index (χ2n) is 6.23. The summed E-state index contributed by atoms with van der Waals surface area (Å²) in [4.78, 5) is 16.2. The maximum Gasteiger partial charge on any atom is 0.263 e. The minimum Gasteiger partial charge on any atom is -0.457 e. The summed E-state index contributed by atoms with van der Waals surface area (Å²) in [6, 6.07) is 18.8. The van der Waals surface area contributed by atoms with Crippen molar-refractivity contribution in [2.75, 3.05) is 4.72 Å². The first kappa shape index (κ1) is 19.8. The summed E-state index contributed by atoms with van der Waals surface area (Å²) >= 11 is 1.21. The van der Waals surface area contributed by atoms with Crippen molar-refractivity contribution in [3.63, 3.8) is 0 Å². The molecule has 0 bridgehead atoms. The quantitative estimate of drug-likeness (QED) is 0.322. The van der Waals surface area contributed by atoms with Crippen LogP contribution in [-0.2, 0) is 10.0 Å². The average Bonchev–Trinajstić information content (AvgIpc) is 3.44. The minimum atomic E-state index is -3.70. The number of nitrogens with one attached hydrogen (secondary N) is 1. The lowest BCUT2D eigenvalue weighted by molar-refractivity contribution is 0.104. The molecule has 6 nitrogen and oxygen atoms in total. The number of ketones is 1. The number of aromatic nitrogens is 1. The zero-order chi connectivity index (χ0) is 21.0. The van der Waals surface area contributed by atoms with Gasteiger partial charge in [0.1, 0.15) is 11.5 Å². The van der Waals surface area contributed by atoms with Crippen molar-refractivity contribution in [3.8, 4) is 11.3 Å². The molecule has 8 heteroatoms. The monoisotopic (exact) mass is 436 g/mol. The van der Waals surface area contributed by atoms with Gasteiger partial charge in [-0.1, -0.05) is 30.3 Å². The van der Waals surface area contributed by atoms with E-state index in [1.54, 1.807) is 47.9 Å². The van der Waals surface area contributed by atoms with Crippen LogP contribution in [-0.4, -0.2) is 19.2 Å². The molecule has 4 rings (SSSR count). The van der Waals surface area contributed by atoms with E-state index in [0.717, 1.165) is 5.56 Å². The second kappa shape index (κ2) is 8.48. The van der Waals surface area contributed by atoms with E-state index in [4.69, 9.17) is 4.42 Å². The maximum absolute atomic E-state index is 12.4. The third-order valence-corrected chi connectivity index (χ3v) is 6.36. The Hall–Kier alpha value is -3.49. The van der Waals surface area contributed by atoms with Crippen LogP contribution in [0.2, 0.25) is 0 Å². The van der Waals surface area contributed by atoms with Crippen molar-refractivity contribution in [3.05, 3.63) is 95.7 Å². The maximum atomic E-state index is 12.4. The van der Waals surface area contributed by atoms with E-state index in [0.29, 0.717) is 22.2 Å². The molecule has 0 aliphatic heterocycles. The fourth-order valence-corrected chi connectivity index (χ4v) is 4.49. The Labute approximate surface area is 177 Å². The lowest BCUT2D eigenvalue weighted by atomic mass is 10.1.